The highest BCUT2D eigenvalue weighted by Crippen LogP contribution is 2.27. The molecule has 0 spiro atoms. The Kier molecular flexibility index (Phi) is 3.88. The summed E-state index contributed by atoms with van der Waals surface area (Å²) in [6, 6.07) is 16.3. The van der Waals surface area contributed by atoms with Gasteiger partial charge in [-0.3, -0.25) is 9.78 Å². The quantitative estimate of drug-likeness (QED) is 0.775. The van der Waals surface area contributed by atoms with E-state index in [1.807, 2.05) is 36.5 Å². The van der Waals surface area contributed by atoms with E-state index >= 15 is 0 Å². The molecule has 0 aliphatic heterocycles. The van der Waals surface area contributed by atoms with Gasteiger partial charge in [-0.2, -0.15) is 0 Å². The van der Waals surface area contributed by atoms with Crippen LogP contribution in [0.4, 0.5) is 5.69 Å². The Morgan fingerprint density at radius 2 is 1.91 bits per heavy atom. The molecule has 1 amide bonds. The van der Waals surface area contributed by atoms with Gasteiger partial charge in [0.05, 0.1) is 5.52 Å². The summed E-state index contributed by atoms with van der Waals surface area (Å²) in [5.41, 5.74) is 5.21. The SMILES string of the molecule is CCc1cc(-c2cnc3ccccc3c2)ccc1NC(C)=O. The van der Waals surface area contributed by atoms with Crippen molar-refractivity contribution in [1.29, 1.82) is 0 Å². The van der Waals surface area contributed by atoms with Crippen molar-refractivity contribution in [3.63, 3.8) is 0 Å². The first kappa shape index (κ1) is 14.3. The van der Waals surface area contributed by atoms with Gasteiger partial charge in [-0.25, -0.2) is 0 Å². The normalized spacial score (nSPS) is 10.6. The molecule has 3 nitrogen and oxygen atoms in total. The molecule has 0 saturated heterocycles. The number of aromatic nitrogens is 1. The zero-order valence-electron chi connectivity index (χ0n) is 12.8. The van der Waals surface area contributed by atoms with E-state index in [-0.39, 0.29) is 5.91 Å². The lowest BCUT2D eigenvalue weighted by molar-refractivity contribution is -0.114. The number of fused-ring (bicyclic) bond motifs is 1. The monoisotopic (exact) mass is 290 g/mol. The van der Waals surface area contributed by atoms with Crippen molar-refractivity contribution >= 4 is 22.5 Å². The third kappa shape index (κ3) is 2.84. The highest BCUT2D eigenvalue weighted by Gasteiger charge is 2.06. The number of rotatable bonds is 3. The Labute approximate surface area is 130 Å². The summed E-state index contributed by atoms with van der Waals surface area (Å²) in [6.07, 6.45) is 2.76. The summed E-state index contributed by atoms with van der Waals surface area (Å²) in [5, 5.41) is 4.01. The minimum atomic E-state index is -0.0465. The van der Waals surface area contributed by atoms with Crippen LogP contribution in [0, 0.1) is 0 Å². The Morgan fingerprint density at radius 3 is 2.68 bits per heavy atom. The minimum Gasteiger partial charge on any atom is -0.326 e. The third-order valence-corrected chi connectivity index (χ3v) is 3.72. The molecule has 3 rings (SSSR count). The van der Waals surface area contributed by atoms with Crippen molar-refractivity contribution in [2.24, 2.45) is 0 Å². The second kappa shape index (κ2) is 5.98. The van der Waals surface area contributed by atoms with Gasteiger partial charge in [0.25, 0.3) is 0 Å². The topological polar surface area (TPSA) is 42.0 Å². The van der Waals surface area contributed by atoms with Crippen LogP contribution in [-0.4, -0.2) is 10.9 Å². The van der Waals surface area contributed by atoms with Gasteiger partial charge in [-0.05, 0) is 41.8 Å². The molecule has 1 N–H and O–H groups in total. The molecule has 0 unspecified atom stereocenters. The second-order valence-electron chi connectivity index (χ2n) is 5.32. The van der Waals surface area contributed by atoms with E-state index in [2.05, 4.69) is 35.4 Å². The molecule has 0 aliphatic rings. The first-order chi connectivity index (χ1) is 10.7. The average molecular weight is 290 g/mol. The van der Waals surface area contributed by atoms with Crippen LogP contribution >= 0.6 is 0 Å². The van der Waals surface area contributed by atoms with E-state index in [0.717, 1.165) is 39.7 Å². The summed E-state index contributed by atoms with van der Waals surface area (Å²) in [6.45, 7) is 3.61. The van der Waals surface area contributed by atoms with E-state index in [4.69, 9.17) is 0 Å². The maximum atomic E-state index is 11.3. The predicted molar refractivity (Wildman–Crippen MR) is 90.9 cm³/mol. The molecule has 22 heavy (non-hydrogen) atoms. The second-order valence-corrected chi connectivity index (χ2v) is 5.32. The molecule has 0 saturated carbocycles. The summed E-state index contributed by atoms with van der Waals surface area (Å²) >= 11 is 0. The van der Waals surface area contributed by atoms with Gasteiger partial charge in [0.1, 0.15) is 0 Å². The number of pyridine rings is 1. The number of amides is 1. The van der Waals surface area contributed by atoms with Crippen molar-refractivity contribution in [2.45, 2.75) is 20.3 Å². The van der Waals surface area contributed by atoms with Crippen molar-refractivity contribution < 1.29 is 4.79 Å². The number of carbonyl (C=O) groups excluding carboxylic acids is 1. The summed E-state index contributed by atoms with van der Waals surface area (Å²) in [7, 11) is 0. The largest absolute Gasteiger partial charge is 0.326 e. The molecule has 0 bridgehead atoms. The number of benzene rings is 2. The van der Waals surface area contributed by atoms with Crippen molar-refractivity contribution in [1.82, 2.24) is 4.98 Å². The van der Waals surface area contributed by atoms with Crippen molar-refractivity contribution in [3.05, 3.63) is 60.3 Å². The smallest absolute Gasteiger partial charge is 0.221 e. The lowest BCUT2D eigenvalue weighted by atomic mass is 10.0. The minimum absolute atomic E-state index is 0.0465. The molecule has 1 aromatic heterocycles. The fourth-order valence-corrected chi connectivity index (χ4v) is 2.61. The lowest BCUT2D eigenvalue weighted by Gasteiger charge is -2.11. The number of carbonyl (C=O) groups is 1. The van der Waals surface area contributed by atoms with Crippen LogP contribution < -0.4 is 5.32 Å². The van der Waals surface area contributed by atoms with Gasteiger partial charge in [-0.1, -0.05) is 31.2 Å². The first-order valence-corrected chi connectivity index (χ1v) is 7.43. The Hall–Kier alpha value is -2.68. The number of nitrogens with one attached hydrogen (secondary N) is 1. The van der Waals surface area contributed by atoms with E-state index in [0.29, 0.717) is 0 Å². The van der Waals surface area contributed by atoms with Crippen LogP contribution in [0.1, 0.15) is 19.4 Å². The van der Waals surface area contributed by atoms with Gasteiger partial charge >= 0.3 is 0 Å². The molecular weight excluding hydrogens is 272 g/mol. The van der Waals surface area contributed by atoms with Crippen LogP contribution in [0.3, 0.4) is 0 Å². The number of para-hydroxylation sites is 1. The molecule has 0 fully saturated rings. The maximum absolute atomic E-state index is 11.3. The third-order valence-electron chi connectivity index (χ3n) is 3.72. The molecule has 0 aliphatic carbocycles. The highest BCUT2D eigenvalue weighted by molar-refractivity contribution is 5.90. The van der Waals surface area contributed by atoms with E-state index in [1.54, 1.807) is 0 Å². The number of nitrogens with zero attached hydrogens (tertiary/aromatic N) is 1. The van der Waals surface area contributed by atoms with Gasteiger partial charge in [0, 0.05) is 29.8 Å². The number of anilines is 1. The van der Waals surface area contributed by atoms with Crippen LogP contribution in [-0.2, 0) is 11.2 Å². The Bertz CT molecular complexity index is 840. The molecule has 0 radical (unpaired) electrons. The predicted octanol–water partition coefficient (Wildman–Crippen LogP) is 4.42. The molecule has 0 atom stereocenters. The average Bonchev–Trinajstić information content (AvgIpc) is 2.54. The van der Waals surface area contributed by atoms with Crippen LogP contribution in [0.2, 0.25) is 0 Å². The lowest BCUT2D eigenvalue weighted by Crippen LogP contribution is -2.07. The number of hydrogen-bond donors (Lipinski definition) is 1. The standard InChI is InChI=1S/C19H18N2O/c1-3-14-10-15(8-9-19(14)21-13(2)22)17-11-16-6-4-5-7-18(16)20-12-17/h4-12H,3H2,1-2H3,(H,21,22). The van der Waals surface area contributed by atoms with Gasteiger partial charge in [-0.15, -0.1) is 0 Å². The molecule has 1 heterocycles. The fourth-order valence-electron chi connectivity index (χ4n) is 2.61. The molecule has 3 aromatic rings. The highest BCUT2D eigenvalue weighted by atomic mass is 16.1. The zero-order valence-corrected chi connectivity index (χ0v) is 12.8. The van der Waals surface area contributed by atoms with E-state index < -0.39 is 0 Å². The number of aryl methyl sites for hydroxylation is 1. The fraction of sp³-hybridized carbons (Fsp3) is 0.158. The van der Waals surface area contributed by atoms with Crippen LogP contribution in [0.25, 0.3) is 22.0 Å². The maximum Gasteiger partial charge on any atom is 0.221 e. The van der Waals surface area contributed by atoms with Gasteiger partial charge < -0.3 is 5.32 Å². The van der Waals surface area contributed by atoms with Crippen LogP contribution in [0.15, 0.2) is 54.7 Å². The van der Waals surface area contributed by atoms with Crippen LogP contribution in [0.5, 0.6) is 0 Å². The van der Waals surface area contributed by atoms with Gasteiger partial charge in [0.15, 0.2) is 0 Å². The number of hydrogen-bond acceptors (Lipinski definition) is 2. The van der Waals surface area contributed by atoms with Gasteiger partial charge in [0.2, 0.25) is 5.91 Å². The van der Waals surface area contributed by atoms with E-state index in [1.165, 1.54) is 6.92 Å². The first-order valence-electron chi connectivity index (χ1n) is 7.43. The molecular formula is C19H18N2O. The Morgan fingerprint density at radius 1 is 1.09 bits per heavy atom. The zero-order chi connectivity index (χ0) is 15.5. The summed E-state index contributed by atoms with van der Waals surface area (Å²) in [5.74, 6) is -0.0465. The van der Waals surface area contributed by atoms with Crippen molar-refractivity contribution in [2.75, 3.05) is 5.32 Å². The summed E-state index contributed by atoms with van der Waals surface area (Å²) < 4.78 is 0. The summed E-state index contributed by atoms with van der Waals surface area (Å²) in [4.78, 5) is 15.8. The van der Waals surface area contributed by atoms with Crippen molar-refractivity contribution in [3.8, 4) is 11.1 Å². The Balaban J connectivity index is 2.04. The molecule has 110 valence electrons. The molecule has 3 heteroatoms. The van der Waals surface area contributed by atoms with E-state index in [9.17, 15) is 4.79 Å². The molecule has 2 aromatic carbocycles.